The number of guanidine groups is 1. The highest BCUT2D eigenvalue weighted by Crippen LogP contribution is 2.23. The zero-order valence-corrected chi connectivity index (χ0v) is 17.7. The highest BCUT2D eigenvalue weighted by molar-refractivity contribution is 14.0. The van der Waals surface area contributed by atoms with E-state index in [1.807, 2.05) is 12.1 Å². The van der Waals surface area contributed by atoms with Crippen molar-refractivity contribution in [2.24, 2.45) is 10.9 Å². The van der Waals surface area contributed by atoms with Crippen molar-refractivity contribution in [1.82, 2.24) is 15.5 Å². The lowest BCUT2D eigenvalue weighted by Crippen LogP contribution is -2.45. The third-order valence-corrected chi connectivity index (χ3v) is 4.62. The highest BCUT2D eigenvalue weighted by Gasteiger charge is 2.20. The minimum atomic E-state index is 0. The van der Waals surface area contributed by atoms with E-state index < -0.39 is 0 Å². The Kier molecular flexibility index (Phi) is 9.73. The first-order valence-corrected chi connectivity index (χ1v) is 8.84. The normalized spacial score (nSPS) is 22.8. The summed E-state index contributed by atoms with van der Waals surface area (Å²) in [6, 6.07) is 4.66. The van der Waals surface area contributed by atoms with Crippen molar-refractivity contribution >= 4 is 29.9 Å². The first-order chi connectivity index (χ1) is 11.1. The Balaban J connectivity index is 0.00000288. The van der Waals surface area contributed by atoms with E-state index in [-0.39, 0.29) is 30.0 Å². The van der Waals surface area contributed by atoms with E-state index >= 15 is 0 Å². The molecule has 0 aliphatic heterocycles. The second kappa shape index (κ2) is 11.0. The van der Waals surface area contributed by atoms with E-state index in [2.05, 4.69) is 43.5 Å². The van der Waals surface area contributed by atoms with Gasteiger partial charge in [0.05, 0.1) is 18.8 Å². The number of halogens is 1. The molecule has 138 valence electrons. The highest BCUT2D eigenvalue weighted by atomic mass is 127. The van der Waals surface area contributed by atoms with Gasteiger partial charge in [-0.2, -0.15) is 0 Å². The molecule has 1 unspecified atom stereocenters. The van der Waals surface area contributed by atoms with Crippen LogP contribution in [0.15, 0.2) is 27.8 Å². The van der Waals surface area contributed by atoms with Crippen LogP contribution in [0.5, 0.6) is 0 Å². The molecule has 1 aliphatic carbocycles. The van der Waals surface area contributed by atoms with Crippen LogP contribution in [0.1, 0.15) is 51.3 Å². The molecule has 0 aromatic carbocycles. The maximum atomic E-state index is 5.56. The molecule has 6 heteroatoms. The summed E-state index contributed by atoms with van der Waals surface area (Å²) < 4.78 is 5.56. The first kappa shape index (κ1) is 21.3. The zero-order valence-electron chi connectivity index (χ0n) is 15.4. The third kappa shape index (κ3) is 6.63. The molecule has 1 fully saturated rings. The fourth-order valence-electron chi connectivity index (χ4n) is 3.08. The van der Waals surface area contributed by atoms with Gasteiger partial charge in [-0.15, -0.1) is 24.0 Å². The van der Waals surface area contributed by atoms with Gasteiger partial charge < -0.3 is 15.1 Å². The van der Waals surface area contributed by atoms with Crippen molar-refractivity contribution < 1.29 is 4.42 Å². The van der Waals surface area contributed by atoms with E-state index in [9.17, 15) is 0 Å². The molecule has 1 saturated carbocycles. The monoisotopic (exact) mass is 448 g/mol. The summed E-state index contributed by atoms with van der Waals surface area (Å²) in [5.74, 6) is 2.75. The Bertz CT molecular complexity index is 467. The molecule has 0 bridgehead atoms. The lowest BCUT2D eigenvalue weighted by atomic mass is 9.87. The number of hydrogen-bond acceptors (Lipinski definition) is 3. The molecule has 0 radical (unpaired) electrons. The van der Waals surface area contributed by atoms with Crippen LogP contribution in [0.25, 0.3) is 0 Å². The number of nitrogens with zero attached hydrogens (tertiary/aromatic N) is 2. The smallest absolute Gasteiger partial charge is 0.191 e. The lowest BCUT2D eigenvalue weighted by molar-refractivity contribution is 0.264. The van der Waals surface area contributed by atoms with Gasteiger partial charge in [-0.3, -0.25) is 9.89 Å². The van der Waals surface area contributed by atoms with Crippen LogP contribution in [-0.4, -0.2) is 44.1 Å². The van der Waals surface area contributed by atoms with Crippen molar-refractivity contribution in [3.8, 4) is 0 Å². The molecule has 0 saturated heterocycles. The number of rotatable bonds is 6. The van der Waals surface area contributed by atoms with Crippen LogP contribution in [0.4, 0.5) is 0 Å². The molecule has 2 N–H and O–H groups in total. The van der Waals surface area contributed by atoms with Gasteiger partial charge in [0, 0.05) is 12.6 Å². The van der Waals surface area contributed by atoms with Gasteiger partial charge in [-0.1, -0.05) is 6.92 Å². The average Bonchev–Trinajstić information content (AvgIpc) is 3.03. The molecule has 0 amide bonds. The molecule has 2 rings (SSSR count). The summed E-state index contributed by atoms with van der Waals surface area (Å²) in [6.07, 6.45) is 6.82. The maximum Gasteiger partial charge on any atom is 0.191 e. The van der Waals surface area contributed by atoms with Crippen LogP contribution >= 0.6 is 24.0 Å². The van der Waals surface area contributed by atoms with Crippen LogP contribution in [-0.2, 0) is 0 Å². The molecule has 5 nitrogen and oxygen atoms in total. The number of hydrogen-bond donors (Lipinski definition) is 2. The molecule has 24 heavy (non-hydrogen) atoms. The van der Waals surface area contributed by atoms with Gasteiger partial charge in [-0.05, 0) is 64.8 Å². The Morgan fingerprint density at radius 3 is 2.58 bits per heavy atom. The Hall–Kier alpha value is -0.760. The van der Waals surface area contributed by atoms with Crippen molar-refractivity contribution in [1.29, 1.82) is 0 Å². The predicted octanol–water partition coefficient (Wildman–Crippen LogP) is 3.63. The largest absolute Gasteiger partial charge is 0.468 e. The number of furan rings is 1. The predicted molar refractivity (Wildman–Crippen MR) is 111 cm³/mol. The molecule has 1 aromatic rings. The van der Waals surface area contributed by atoms with Crippen molar-refractivity contribution in [3.63, 3.8) is 0 Å². The molecular formula is C18H33IN4O. The number of aliphatic imine (C=N–C) groups is 1. The Labute approximate surface area is 163 Å². The summed E-state index contributed by atoms with van der Waals surface area (Å²) in [6.45, 7) is 6.01. The van der Waals surface area contributed by atoms with Crippen LogP contribution in [0, 0.1) is 5.92 Å². The minimum Gasteiger partial charge on any atom is -0.468 e. The fraction of sp³-hybridized carbons (Fsp3) is 0.722. The third-order valence-electron chi connectivity index (χ3n) is 4.62. The SMILES string of the molecule is CCNC(=NCC(c1ccco1)N(C)C)NC1CCC(C)CC1.I. The van der Waals surface area contributed by atoms with Gasteiger partial charge in [0.15, 0.2) is 5.96 Å². The van der Waals surface area contributed by atoms with E-state index in [0.29, 0.717) is 12.6 Å². The fourth-order valence-corrected chi connectivity index (χ4v) is 3.08. The maximum absolute atomic E-state index is 5.56. The van der Waals surface area contributed by atoms with Gasteiger partial charge in [-0.25, -0.2) is 0 Å². The quantitative estimate of drug-likeness (QED) is 0.397. The molecule has 1 aliphatic rings. The first-order valence-electron chi connectivity index (χ1n) is 8.84. The molecular weight excluding hydrogens is 415 g/mol. The Morgan fingerprint density at radius 1 is 1.33 bits per heavy atom. The number of likely N-dealkylation sites (N-methyl/N-ethyl adjacent to an activating group) is 1. The van der Waals surface area contributed by atoms with Crippen molar-refractivity contribution in [2.45, 2.75) is 51.6 Å². The van der Waals surface area contributed by atoms with E-state index in [4.69, 9.17) is 9.41 Å². The topological polar surface area (TPSA) is 52.8 Å². The van der Waals surface area contributed by atoms with E-state index in [0.717, 1.165) is 24.2 Å². The molecule has 0 spiro atoms. The number of nitrogens with one attached hydrogen (secondary N) is 2. The molecule has 1 aromatic heterocycles. The summed E-state index contributed by atoms with van der Waals surface area (Å²) in [4.78, 5) is 6.94. The summed E-state index contributed by atoms with van der Waals surface area (Å²) >= 11 is 0. The van der Waals surface area contributed by atoms with Gasteiger partial charge >= 0.3 is 0 Å². The zero-order chi connectivity index (χ0) is 16.7. The van der Waals surface area contributed by atoms with Crippen LogP contribution in [0.3, 0.4) is 0 Å². The molecule has 1 atom stereocenters. The van der Waals surface area contributed by atoms with E-state index in [1.54, 1.807) is 6.26 Å². The second-order valence-electron chi connectivity index (χ2n) is 6.82. The van der Waals surface area contributed by atoms with Gasteiger partial charge in [0.1, 0.15) is 5.76 Å². The van der Waals surface area contributed by atoms with Crippen molar-refractivity contribution in [3.05, 3.63) is 24.2 Å². The summed E-state index contributed by atoms with van der Waals surface area (Å²) in [5.41, 5.74) is 0. The minimum absolute atomic E-state index is 0. The van der Waals surface area contributed by atoms with Crippen molar-refractivity contribution in [2.75, 3.05) is 27.2 Å². The standard InChI is InChI=1S/C18H32N4O.HI/c1-5-19-18(21-15-10-8-14(2)9-11-15)20-13-16(22(3)4)17-7-6-12-23-17;/h6-7,12,14-16H,5,8-11,13H2,1-4H3,(H2,19,20,21);1H. The van der Waals surface area contributed by atoms with E-state index in [1.165, 1.54) is 25.7 Å². The van der Waals surface area contributed by atoms with Crippen LogP contribution < -0.4 is 10.6 Å². The summed E-state index contributed by atoms with van der Waals surface area (Å²) in [7, 11) is 4.12. The second-order valence-corrected chi connectivity index (χ2v) is 6.82. The lowest BCUT2D eigenvalue weighted by Gasteiger charge is -2.28. The molecule has 1 heterocycles. The van der Waals surface area contributed by atoms with Gasteiger partial charge in [0.25, 0.3) is 0 Å². The summed E-state index contributed by atoms with van der Waals surface area (Å²) in [5, 5.41) is 6.98. The average molecular weight is 448 g/mol. The van der Waals surface area contributed by atoms with Crippen LogP contribution in [0.2, 0.25) is 0 Å². The van der Waals surface area contributed by atoms with Gasteiger partial charge in [0.2, 0.25) is 0 Å². The Morgan fingerprint density at radius 2 is 2.04 bits per heavy atom.